The van der Waals surface area contributed by atoms with Crippen LogP contribution in [0.5, 0.6) is 5.88 Å². The van der Waals surface area contributed by atoms with Crippen molar-refractivity contribution in [2.75, 3.05) is 20.3 Å². The molecular weight excluding hydrogens is 433 g/mol. The van der Waals surface area contributed by atoms with E-state index in [9.17, 15) is 19.1 Å². The van der Waals surface area contributed by atoms with E-state index in [0.29, 0.717) is 16.6 Å². The minimum absolute atomic E-state index is 0.0337. The van der Waals surface area contributed by atoms with Gasteiger partial charge in [-0.05, 0) is 18.2 Å². The maximum absolute atomic E-state index is 14.6. The number of aliphatic hydroxyl groups excluding tert-OH is 1. The van der Waals surface area contributed by atoms with Crippen molar-refractivity contribution < 1.29 is 33.3 Å². The van der Waals surface area contributed by atoms with Crippen molar-refractivity contribution in [3.63, 3.8) is 0 Å². The molecule has 0 radical (unpaired) electrons. The number of hydrogen-bond acceptors (Lipinski definition) is 8. The predicted molar refractivity (Wildman–Crippen MR) is 112 cm³/mol. The topological polar surface area (TPSA) is 111 Å². The van der Waals surface area contributed by atoms with Crippen molar-refractivity contribution in [2.45, 2.75) is 24.9 Å². The molecule has 170 valence electrons. The van der Waals surface area contributed by atoms with E-state index < -0.39 is 36.1 Å². The number of halogens is 1. The highest BCUT2D eigenvalue weighted by molar-refractivity contribution is 6.21. The van der Waals surface area contributed by atoms with Crippen LogP contribution in [0, 0.1) is 5.82 Å². The monoisotopic (exact) mass is 453 g/mol. The van der Waals surface area contributed by atoms with Gasteiger partial charge in [-0.3, -0.25) is 19.5 Å². The SMILES string of the molecule is COc1ccc2ncc(F)c([C@@H](O)CC3OCC(N4C(=O)c5ccccc5C4=O)CO3)c2n1. The zero-order valence-electron chi connectivity index (χ0n) is 17.6. The molecule has 2 aliphatic heterocycles. The molecule has 0 unspecified atom stereocenters. The van der Waals surface area contributed by atoms with E-state index in [2.05, 4.69) is 9.97 Å². The van der Waals surface area contributed by atoms with Crippen LogP contribution in [0.2, 0.25) is 0 Å². The second kappa shape index (κ2) is 8.47. The van der Waals surface area contributed by atoms with Crippen LogP contribution in [-0.2, 0) is 9.47 Å². The lowest BCUT2D eigenvalue weighted by atomic mass is 10.0. The van der Waals surface area contributed by atoms with Crippen LogP contribution >= 0.6 is 0 Å². The molecule has 0 aliphatic carbocycles. The third-order valence-corrected chi connectivity index (χ3v) is 5.78. The van der Waals surface area contributed by atoms with Crippen LogP contribution in [-0.4, -0.2) is 64.4 Å². The van der Waals surface area contributed by atoms with E-state index in [1.54, 1.807) is 36.4 Å². The van der Waals surface area contributed by atoms with Crippen LogP contribution < -0.4 is 4.74 Å². The van der Waals surface area contributed by atoms with Crippen molar-refractivity contribution in [1.29, 1.82) is 0 Å². The van der Waals surface area contributed by atoms with Crippen LogP contribution in [0.15, 0.2) is 42.6 Å². The highest BCUT2D eigenvalue weighted by Gasteiger charge is 2.42. The number of aromatic nitrogens is 2. The minimum atomic E-state index is -1.30. The Hall–Kier alpha value is -3.47. The lowest BCUT2D eigenvalue weighted by Crippen LogP contribution is -2.50. The highest BCUT2D eigenvalue weighted by Crippen LogP contribution is 2.31. The number of ether oxygens (including phenoxy) is 3. The number of benzene rings is 1. The zero-order valence-corrected chi connectivity index (χ0v) is 17.6. The van der Waals surface area contributed by atoms with Crippen LogP contribution in [0.4, 0.5) is 4.39 Å². The van der Waals surface area contributed by atoms with E-state index in [0.717, 1.165) is 11.1 Å². The molecule has 0 saturated carbocycles. The molecule has 1 fully saturated rings. The second-order valence-corrected chi connectivity index (χ2v) is 7.77. The molecule has 2 aliphatic rings. The molecule has 2 aromatic heterocycles. The Morgan fingerprint density at radius 1 is 1.15 bits per heavy atom. The molecule has 1 N–H and O–H groups in total. The van der Waals surface area contributed by atoms with Crippen molar-refractivity contribution in [3.8, 4) is 5.88 Å². The zero-order chi connectivity index (χ0) is 23.1. The number of amides is 2. The van der Waals surface area contributed by atoms with E-state index >= 15 is 0 Å². The Morgan fingerprint density at radius 2 is 1.82 bits per heavy atom. The summed E-state index contributed by atoms with van der Waals surface area (Å²) in [5, 5.41) is 10.8. The molecule has 0 spiro atoms. The first-order chi connectivity index (χ1) is 16.0. The van der Waals surface area contributed by atoms with Gasteiger partial charge < -0.3 is 19.3 Å². The normalized spacial score (nSPS) is 21.4. The fraction of sp³-hybridized carbons (Fsp3) is 0.304. The number of rotatable bonds is 5. The summed E-state index contributed by atoms with van der Waals surface area (Å²) in [4.78, 5) is 34.7. The standard InChI is InChI=1S/C23H20FN3O6/c1-31-18-7-6-16-21(26-18)20(15(24)9-25-16)17(28)8-19-32-10-12(11-33-19)27-22(29)13-4-2-3-5-14(13)23(27)30/h2-7,9,12,17,19,28H,8,10-11H2,1H3/t12?,17-,19?/m0/s1. The maximum Gasteiger partial charge on any atom is 0.261 e. The highest BCUT2D eigenvalue weighted by atomic mass is 19.1. The molecule has 5 rings (SSSR count). The smallest absolute Gasteiger partial charge is 0.261 e. The summed E-state index contributed by atoms with van der Waals surface area (Å²) < 4.78 is 31.0. The number of nitrogens with zero attached hydrogens (tertiary/aromatic N) is 3. The largest absolute Gasteiger partial charge is 0.481 e. The molecular formula is C23H20FN3O6. The number of imide groups is 1. The van der Waals surface area contributed by atoms with Gasteiger partial charge in [-0.25, -0.2) is 9.37 Å². The summed E-state index contributed by atoms with van der Waals surface area (Å²) in [7, 11) is 1.44. The van der Waals surface area contributed by atoms with E-state index in [1.165, 1.54) is 7.11 Å². The molecule has 9 nitrogen and oxygen atoms in total. The molecule has 1 aromatic carbocycles. The van der Waals surface area contributed by atoms with Crippen molar-refractivity contribution >= 4 is 22.8 Å². The van der Waals surface area contributed by atoms with Gasteiger partial charge in [0.25, 0.3) is 11.8 Å². The Bertz CT molecular complexity index is 1210. The number of carbonyl (C=O) groups excluding carboxylic acids is 2. The fourth-order valence-corrected chi connectivity index (χ4v) is 4.13. The van der Waals surface area contributed by atoms with Gasteiger partial charge in [0.15, 0.2) is 6.29 Å². The van der Waals surface area contributed by atoms with Crippen LogP contribution in [0.25, 0.3) is 11.0 Å². The first kappa shape index (κ1) is 21.4. The summed E-state index contributed by atoms with van der Waals surface area (Å²) in [6, 6.07) is 9.23. The fourth-order valence-electron chi connectivity index (χ4n) is 4.13. The number of pyridine rings is 2. The Labute approximate surface area is 187 Å². The number of aliphatic hydroxyl groups is 1. The first-order valence-corrected chi connectivity index (χ1v) is 10.3. The quantitative estimate of drug-likeness (QED) is 0.586. The molecule has 0 bridgehead atoms. The summed E-state index contributed by atoms with van der Waals surface area (Å²) >= 11 is 0. The lowest BCUT2D eigenvalue weighted by molar-refractivity contribution is -0.208. The number of methoxy groups -OCH3 is 1. The molecule has 4 heterocycles. The van der Waals surface area contributed by atoms with Crippen molar-refractivity contribution in [1.82, 2.24) is 14.9 Å². The third kappa shape index (κ3) is 3.71. The van der Waals surface area contributed by atoms with Gasteiger partial charge in [-0.2, -0.15) is 0 Å². The number of hydrogen-bond donors (Lipinski definition) is 1. The lowest BCUT2D eigenvalue weighted by Gasteiger charge is -2.34. The second-order valence-electron chi connectivity index (χ2n) is 7.77. The summed E-state index contributed by atoms with van der Waals surface area (Å²) in [5.74, 6) is -1.24. The summed E-state index contributed by atoms with van der Waals surface area (Å²) in [6.45, 7) is 0.0724. The summed E-state index contributed by atoms with van der Waals surface area (Å²) in [5.41, 5.74) is 1.25. The number of fused-ring (bicyclic) bond motifs is 2. The average molecular weight is 453 g/mol. The molecule has 1 atom stereocenters. The predicted octanol–water partition coefficient (Wildman–Crippen LogP) is 2.24. The Morgan fingerprint density at radius 3 is 2.45 bits per heavy atom. The van der Waals surface area contributed by atoms with E-state index in [-0.39, 0.29) is 36.6 Å². The van der Waals surface area contributed by atoms with Crippen LogP contribution in [0.3, 0.4) is 0 Å². The molecule has 10 heteroatoms. The van der Waals surface area contributed by atoms with Crippen LogP contribution in [0.1, 0.15) is 38.8 Å². The van der Waals surface area contributed by atoms with Gasteiger partial charge in [0, 0.05) is 18.1 Å². The van der Waals surface area contributed by atoms with Gasteiger partial charge in [-0.15, -0.1) is 0 Å². The van der Waals surface area contributed by atoms with Crippen molar-refractivity contribution in [3.05, 3.63) is 65.1 Å². The average Bonchev–Trinajstić information content (AvgIpc) is 3.09. The van der Waals surface area contributed by atoms with E-state index in [4.69, 9.17) is 14.2 Å². The Balaban J connectivity index is 1.28. The van der Waals surface area contributed by atoms with Gasteiger partial charge in [0.2, 0.25) is 5.88 Å². The molecule has 1 saturated heterocycles. The van der Waals surface area contributed by atoms with Gasteiger partial charge >= 0.3 is 0 Å². The van der Waals surface area contributed by atoms with Gasteiger partial charge in [0.05, 0.1) is 55.3 Å². The minimum Gasteiger partial charge on any atom is -0.481 e. The molecule has 33 heavy (non-hydrogen) atoms. The van der Waals surface area contributed by atoms with Gasteiger partial charge in [0.1, 0.15) is 11.3 Å². The molecule has 3 aromatic rings. The number of carbonyl (C=O) groups is 2. The third-order valence-electron chi connectivity index (χ3n) is 5.78. The van der Waals surface area contributed by atoms with Crippen molar-refractivity contribution in [2.24, 2.45) is 0 Å². The maximum atomic E-state index is 14.6. The van der Waals surface area contributed by atoms with Gasteiger partial charge in [-0.1, -0.05) is 12.1 Å². The molecule has 2 amide bonds. The van der Waals surface area contributed by atoms with E-state index in [1.807, 2.05) is 0 Å². The summed E-state index contributed by atoms with van der Waals surface area (Å²) in [6.07, 6.45) is -1.21. The first-order valence-electron chi connectivity index (χ1n) is 10.3. The Kier molecular flexibility index (Phi) is 5.49.